The number of nitrogens with zero attached hydrogens (tertiary/aromatic N) is 1. The van der Waals surface area contributed by atoms with Crippen molar-refractivity contribution in [2.75, 3.05) is 4.72 Å². The lowest BCUT2D eigenvalue weighted by Gasteiger charge is -2.08. The number of nitrogens with two attached hydrogens (primary N) is 1. The average molecular weight is 281 g/mol. The molecule has 0 radical (unpaired) electrons. The first-order chi connectivity index (χ1) is 9.03. The molecule has 19 heavy (non-hydrogen) atoms. The molecule has 5 nitrogen and oxygen atoms in total. The third kappa shape index (κ3) is 3.07. The monoisotopic (exact) mass is 281 g/mol. The molecule has 7 heteroatoms. The molecule has 0 unspecified atom stereocenters. The Bertz CT molecular complexity index is 672. The Hall–Kier alpha value is -1.99. The van der Waals surface area contributed by atoms with E-state index >= 15 is 0 Å². The van der Waals surface area contributed by atoms with Gasteiger partial charge in [-0.1, -0.05) is 12.1 Å². The topological polar surface area (TPSA) is 85.1 Å². The quantitative estimate of drug-likeness (QED) is 0.889. The zero-order valence-corrected chi connectivity index (χ0v) is 10.7. The lowest BCUT2D eigenvalue weighted by Crippen LogP contribution is -2.14. The van der Waals surface area contributed by atoms with Crippen molar-refractivity contribution in [3.63, 3.8) is 0 Å². The number of sulfonamides is 1. The second-order valence-corrected chi connectivity index (χ2v) is 5.49. The summed E-state index contributed by atoms with van der Waals surface area (Å²) in [5.41, 5.74) is 6.10. The van der Waals surface area contributed by atoms with Gasteiger partial charge in [0, 0.05) is 12.7 Å². The van der Waals surface area contributed by atoms with Gasteiger partial charge < -0.3 is 5.73 Å². The molecule has 1 aromatic carbocycles. The van der Waals surface area contributed by atoms with Crippen LogP contribution in [0.3, 0.4) is 0 Å². The number of hydrogen-bond acceptors (Lipinski definition) is 4. The van der Waals surface area contributed by atoms with Gasteiger partial charge >= 0.3 is 0 Å². The minimum atomic E-state index is -3.82. The van der Waals surface area contributed by atoms with Crippen LogP contribution in [0.25, 0.3) is 0 Å². The molecule has 0 aliphatic heterocycles. The van der Waals surface area contributed by atoms with Crippen molar-refractivity contribution in [1.29, 1.82) is 0 Å². The second kappa shape index (κ2) is 5.33. The Balaban J connectivity index is 2.30. The molecule has 0 saturated carbocycles. The summed E-state index contributed by atoms with van der Waals surface area (Å²) in [5.74, 6) is -0.732. The molecule has 1 heterocycles. The van der Waals surface area contributed by atoms with Crippen LogP contribution in [0.5, 0.6) is 0 Å². The smallest absolute Gasteiger partial charge is 0.261 e. The number of nitrogens with one attached hydrogen (secondary N) is 1. The van der Waals surface area contributed by atoms with Crippen LogP contribution in [0, 0.1) is 5.82 Å². The fraction of sp³-hybridized carbons (Fsp3) is 0.0833. The van der Waals surface area contributed by atoms with Crippen molar-refractivity contribution < 1.29 is 12.8 Å². The molecule has 0 spiro atoms. The fourth-order valence-corrected chi connectivity index (χ4v) is 2.53. The first-order valence-electron chi connectivity index (χ1n) is 5.44. The molecule has 0 amide bonds. The van der Waals surface area contributed by atoms with E-state index in [2.05, 4.69) is 9.71 Å². The molecule has 2 aromatic rings. The van der Waals surface area contributed by atoms with Crippen molar-refractivity contribution in [3.05, 3.63) is 54.1 Å². The molecule has 2 rings (SSSR count). The summed E-state index contributed by atoms with van der Waals surface area (Å²) in [4.78, 5) is 3.59. The van der Waals surface area contributed by atoms with Gasteiger partial charge in [0.15, 0.2) is 5.82 Å². The van der Waals surface area contributed by atoms with Gasteiger partial charge in [0.2, 0.25) is 0 Å². The van der Waals surface area contributed by atoms with Gasteiger partial charge in [-0.2, -0.15) is 0 Å². The van der Waals surface area contributed by atoms with Gasteiger partial charge in [-0.3, -0.25) is 9.71 Å². The van der Waals surface area contributed by atoms with Crippen LogP contribution in [0.2, 0.25) is 0 Å². The van der Waals surface area contributed by atoms with E-state index in [1.54, 1.807) is 12.1 Å². The summed E-state index contributed by atoms with van der Waals surface area (Å²) in [6.45, 7) is 0.326. The minimum Gasteiger partial charge on any atom is -0.326 e. The number of hydrogen-bond donors (Lipinski definition) is 2. The predicted molar refractivity (Wildman–Crippen MR) is 69.3 cm³/mol. The van der Waals surface area contributed by atoms with Crippen LogP contribution in [0.4, 0.5) is 10.1 Å². The largest absolute Gasteiger partial charge is 0.326 e. The van der Waals surface area contributed by atoms with E-state index in [0.29, 0.717) is 6.54 Å². The van der Waals surface area contributed by atoms with Gasteiger partial charge in [0.25, 0.3) is 10.0 Å². The van der Waals surface area contributed by atoms with Crippen LogP contribution in [-0.2, 0) is 16.6 Å². The first kappa shape index (κ1) is 13.4. The summed E-state index contributed by atoms with van der Waals surface area (Å²) in [6.07, 6.45) is 2.24. The van der Waals surface area contributed by atoms with E-state index in [0.717, 1.165) is 11.8 Å². The molecule has 0 aliphatic carbocycles. The van der Waals surface area contributed by atoms with Crippen LogP contribution >= 0.6 is 0 Å². The molecule has 1 aromatic heterocycles. The molecule has 0 saturated heterocycles. The van der Waals surface area contributed by atoms with E-state index in [9.17, 15) is 12.8 Å². The Labute approximate surface area is 110 Å². The number of pyridine rings is 1. The summed E-state index contributed by atoms with van der Waals surface area (Å²) in [6, 6.07) is 7.31. The van der Waals surface area contributed by atoms with Gasteiger partial charge in [0.1, 0.15) is 0 Å². The van der Waals surface area contributed by atoms with E-state index < -0.39 is 15.8 Å². The maximum absolute atomic E-state index is 13.3. The standard InChI is InChI=1S/C12H12FN3O2S/c13-11-8-15-6-5-12(11)16-19(17,18)10-3-1-9(7-14)2-4-10/h1-6,8H,7,14H2,(H,15,16). The SMILES string of the molecule is NCc1ccc(S(=O)(=O)Nc2ccncc2F)cc1. The summed E-state index contributed by atoms with van der Waals surface area (Å²) in [5, 5.41) is 0. The Kier molecular flexibility index (Phi) is 3.77. The Morgan fingerprint density at radius 1 is 1.21 bits per heavy atom. The molecular formula is C12H12FN3O2S. The lowest BCUT2D eigenvalue weighted by molar-refractivity contribution is 0.598. The highest BCUT2D eigenvalue weighted by molar-refractivity contribution is 7.92. The zero-order valence-electron chi connectivity index (χ0n) is 9.88. The number of aromatic nitrogens is 1. The number of anilines is 1. The van der Waals surface area contributed by atoms with Crippen molar-refractivity contribution in [3.8, 4) is 0 Å². The molecule has 0 atom stereocenters. The maximum atomic E-state index is 13.3. The number of halogens is 1. The van der Waals surface area contributed by atoms with E-state index in [1.165, 1.54) is 24.4 Å². The van der Waals surface area contributed by atoms with Crippen molar-refractivity contribution in [2.24, 2.45) is 5.73 Å². The highest BCUT2D eigenvalue weighted by atomic mass is 32.2. The second-order valence-electron chi connectivity index (χ2n) is 3.81. The predicted octanol–water partition coefficient (Wildman–Crippen LogP) is 1.48. The molecule has 100 valence electrons. The van der Waals surface area contributed by atoms with Crippen LogP contribution in [-0.4, -0.2) is 13.4 Å². The van der Waals surface area contributed by atoms with Gasteiger partial charge in [0.05, 0.1) is 16.8 Å². The first-order valence-corrected chi connectivity index (χ1v) is 6.92. The normalized spacial score (nSPS) is 11.3. The van der Waals surface area contributed by atoms with Crippen LogP contribution in [0.1, 0.15) is 5.56 Å². The van der Waals surface area contributed by atoms with E-state index in [4.69, 9.17) is 5.73 Å². The van der Waals surface area contributed by atoms with Crippen molar-refractivity contribution in [2.45, 2.75) is 11.4 Å². The summed E-state index contributed by atoms with van der Waals surface area (Å²) < 4.78 is 39.6. The maximum Gasteiger partial charge on any atom is 0.261 e. The number of benzene rings is 1. The Morgan fingerprint density at radius 3 is 2.47 bits per heavy atom. The summed E-state index contributed by atoms with van der Waals surface area (Å²) in [7, 11) is -3.82. The van der Waals surface area contributed by atoms with Gasteiger partial charge in [-0.15, -0.1) is 0 Å². The molecule has 0 bridgehead atoms. The average Bonchev–Trinajstić information content (AvgIpc) is 2.41. The zero-order chi connectivity index (χ0) is 13.9. The van der Waals surface area contributed by atoms with Crippen molar-refractivity contribution in [1.82, 2.24) is 4.98 Å². The summed E-state index contributed by atoms with van der Waals surface area (Å²) >= 11 is 0. The fourth-order valence-electron chi connectivity index (χ4n) is 1.47. The third-order valence-electron chi connectivity index (χ3n) is 2.49. The lowest BCUT2D eigenvalue weighted by atomic mass is 10.2. The van der Waals surface area contributed by atoms with Crippen LogP contribution in [0.15, 0.2) is 47.6 Å². The highest BCUT2D eigenvalue weighted by Crippen LogP contribution is 2.18. The van der Waals surface area contributed by atoms with E-state index in [1.807, 2.05) is 0 Å². The Morgan fingerprint density at radius 2 is 1.89 bits per heavy atom. The van der Waals surface area contributed by atoms with Crippen molar-refractivity contribution >= 4 is 15.7 Å². The highest BCUT2D eigenvalue weighted by Gasteiger charge is 2.15. The van der Waals surface area contributed by atoms with Crippen LogP contribution < -0.4 is 10.5 Å². The molecule has 0 aliphatic rings. The minimum absolute atomic E-state index is 0.0425. The molecule has 0 fully saturated rings. The number of rotatable bonds is 4. The van der Waals surface area contributed by atoms with Gasteiger partial charge in [-0.05, 0) is 23.8 Å². The third-order valence-corrected chi connectivity index (χ3v) is 3.87. The van der Waals surface area contributed by atoms with Gasteiger partial charge in [-0.25, -0.2) is 12.8 Å². The molecular weight excluding hydrogens is 269 g/mol. The van der Waals surface area contributed by atoms with E-state index in [-0.39, 0.29) is 10.6 Å². The molecule has 3 N–H and O–H groups in total.